The Morgan fingerprint density at radius 3 is 2.22 bits per heavy atom. The van der Waals surface area contributed by atoms with Gasteiger partial charge in [0.05, 0.1) is 0 Å². The Morgan fingerprint density at radius 2 is 1.61 bits per heavy atom. The van der Waals surface area contributed by atoms with E-state index in [1.165, 1.54) is 24.3 Å². The number of benzene rings is 2. The second-order valence-corrected chi connectivity index (χ2v) is 3.33. The van der Waals surface area contributed by atoms with E-state index in [1.807, 2.05) is 6.07 Å². The molecule has 0 atom stereocenters. The van der Waals surface area contributed by atoms with Gasteiger partial charge in [-0.1, -0.05) is 18.2 Å². The van der Waals surface area contributed by atoms with E-state index in [0.717, 1.165) is 0 Å². The molecule has 1 amide bonds. The molecule has 0 aliphatic heterocycles. The Hall–Kier alpha value is -2.40. The average Bonchev–Trinajstić information content (AvgIpc) is 2.33. The Morgan fingerprint density at radius 1 is 1.00 bits per heavy atom. The fourth-order valence-corrected chi connectivity index (χ4v) is 1.27. The summed E-state index contributed by atoms with van der Waals surface area (Å²) in [6, 6.07) is 14.1. The highest BCUT2D eigenvalue weighted by Crippen LogP contribution is 2.12. The number of rotatable bonds is 2. The molecule has 0 radical (unpaired) electrons. The van der Waals surface area contributed by atoms with E-state index < -0.39 is 6.09 Å². The summed E-state index contributed by atoms with van der Waals surface area (Å²) in [5, 5.41) is 2.49. The summed E-state index contributed by atoms with van der Waals surface area (Å²) >= 11 is 0. The monoisotopic (exact) mass is 248 g/mol. The van der Waals surface area contributed by atoms with Crippen LogP contribution in [-0.4, -0.2) is 6.09 Å². The molecule has 5 heteroatoms. The Labute approximate surface area is 104 Å². The van der Waals surface area contributed by atoms with Gasteiger partial charge >= 0.3 is 6.09 Å². The maximum absolute atomic E-state index is 12.6. The van der Waals surface area contributed by atoms with Crippen molar-refractivity contribution < 1.29 is 13.9 Å². The van der Waals surface area contributed by atoms with Gasteiger partial charge in [-0.05, 0) is 36.4 Å². The molecule has 2 aromatic rings. The lowest BCUT2D eigenvalue weighted by Crippen LogP contribution is -2.16. The van der Waals surface area contributed by atoms with Crippen molar-refractivity contribution in [1.29, 1.82) is 0 Å². The predicted molar refractivity (Wildman–Crippen MR) is 67.5 cm³/mol. The normalized spacial score (nSPS) is 9.17. The molecular weight excluding hydrogens is 235 g/mol. The van der Waals surface area contributed by atoms with Crippen LogP contribution in [0.3, 0.4) is 0 Å². The summed E-state index contributed by atoms with van der Waals surface area (Å²) in [7, 11) is 0. The van der Waals surface area contributed by atoms with Gasteiger partial charge in [0.1, 0.15) is 11.6 Å². The second-order valence-electron chi connectivity index (χ2n) is 3.33. The third-order valence-corrected chi connectivity index (χ3v) is 2.04. The third-order valence-electron chi connectivity index (χ3n) is 2.04. The minimum absolute atomic E-state index is 0. The van der Waals surface area contributed by atoms with E-state index >= 15 is 0 Å². The van der Waals surface area contributed by atoms with Gasteiger partial charge in [-0.3, -0.25) is 5.32 Å². The molecule has 2 rings (SSSR count). The van der Waals surface area contributed by atoms with Crippen LogP contribution in [0.25, 0.3) is 0 Å². The number of halogens is 1. The molecule has 0 saturated heterocycles. The number of anilines is 1. The fraction of sp³-hybridized carbons (Fsp3) is 0. The largest absolute Gasteiger partial charge is 0.417 e. The van der Waals surface area contributed by atoms with Crippen molar-refractivity contribution in [1.82, 2.24) is 6.15 Å². The lowest BCUT2D eigenvalue weighted by molar-refractivity contribution is 0.215. The minimum atomic E-state index is -0.609. The number of carbonyl (C=O) groups excluding carboxylic acids is 1. The molecule has 2 aromatic carbocycles. The van der Waals surface area contributed by atoms with Crippen LogP contribution in [0.15, 0.2) is 54.6 Å². The highest BCUT2D eigenvalue weighted by atomic mass is 19.1. The molecule has 0 aliphatic rings. The number of para-hydroxylation sites is 1. The molecule has 4 N–H and O–H groups in total. The first-order valence-electron chi connectivity index (χ1n) is 5.03. The van der Waals surface area contributed by atoms with Crippen molar-refractivity contribution >= 4 is 11.8 Å². The predicted octanol–water partition coefficient (Wildman–Crippen LogP) is 3.60. The molecule has 0 bridgehead atoms. The summed E-state index contributed by atoms with van der Waals surface area (Å²) in [6.45, 7) is 0. The van der Waals surface area contributed by atoms with Crippen LogP contribution in [0.1, 0.15) is 0 Å². The van der Waals surface area contributed by atoms with Gasteiger partial charge in [0.2, 0.25) is 0 Å². The summed E-state index contributed by atoms with van der Waals surface area (Å²) in [6.07, 6.45) is -0.609. The van der Waals surface area contributed by atoms with Gasteiger partial charge < -0.3 is 10.9 Å². The molecule has 0 spiro atoms. The zero-order valence-electron chi connectivity index (χ0n) is 9.60. The van der Waals surface area contributed by atoms with Crippen LogP contribution in [0.2, 0.25) is 0 Å². The van der Waals surface area contributed by atoms with E-state index in [2.05, 4.69) is 5.32 Å². The Balaban J connectivity index is 0.00000162. The smallest absolute Gasteiger partial charge is 0.410 e. The number of ether oxygens (including phenoxy) is 1. The van der Waals surface area contributed by atoms with Crippen molar-refractivity contribution in [2.75, 3.05) is 5.32 Å². The molecule has 4 nitrogen and oxygen atoms in total. The van der Waals surface area contributed by atoms with Crippen LogP contribution in [0.4, 0.5) is 14.9 Å². The molecule has 0 saturated carbocycles. The zero-order valence-corrected chi connectivity index (χ0v) is 9.60. The highest BCUT2D eigenvalue weighted by Gasteiger charge is 2.04. The van der Waals surface area contributed by atoms with Crippen LogP contribution >= 0.6 is 0 Å². The maximum Gasteiger partial charge on any atom is 0.417 e. The van der Waals surface area contributed by atoms with Gasteiger partial charge in [0.15, 0.2) is 0 Å². The molecule has 0 aromatic heterocycles. The first kappa shape index (κ1) is 13.7. The van der Waals surface area contributed by atoms with Crippen LogP contribution in [0.5, 0.6) is 5.75 Å². The molecule has 0 aliphatic carbocycles. The van der Waals surface area contributed by atoms with Crippen molar-refractivity contribution in [3.05, 3.63) is 60.4 Å². The molecule has 0 unspecified atom stereocenters. The number of carbonyl (C=O) groups is 1. The number of amides is 1. The van der Waals surface area contributed by atoms with Gasteiger partial charge in [-0.25, -0.2) is 9.18 Å². The second kappa shape index (κ2) is 6.36. The lowest BCUT2D eigenvalue weighted by atomic mass is 10.3. The average molecular weight is 248 g/mol. The zero-order chi connectivity index (χ0) is 12.1. The highest BCUT2D eigenvalue weighted by molar-refractivity contribution is 5.86. The van der Waals surface area contributed by atoms with Crippen LogP contribution in [-0.2, 0) is 0 Å². The number of hydrogen-bond acceptors (Lipinski definition) is 3. The number of nitrogens with one attached hydrogen (secondary N) is 1. The van der Waals surface area contributed by atoms with E-state index in [0.29, 0.717) is 11.4 Å². The van der Waals surface area contributed by atoms with Crippen molar-refractivity contribution in [2.45, 2.75) is 0 Å². The third kappa shape index (κ3) is 3.88. The number of hydrogen-bond donors (Lipinski definition) is 2. The van der Waals surface area contributed by atoms with Crippen molar-refractivity contribution in [2.24, 2.45) is 0 Å². The van der Waals surface area contributed by atoms with Gasteiger partial charge in [-0.2, -0.15) is 0 Å². The minimum Gasteiger partial charge on any atom is -0.410 e. The quantitative estimate of drug-likeness (QED) is 0.852. The first-order valence-corrected chi connectivity index (χ1v) is 5.03. The summed E-state index contributed by atoms with van der Waals surface area (Å²) < 4.78 is 17.6. The van der Waals surface area contributed by atoms with Crippen LogP contribution in [0, 0.1) is 5.82 Å². The molecule has 0 heterocycles. The van der Waals surface area contributed by atoms with Crippen LogP contribution < -0.4 is 16.2 Å². The van der Waals surface area contributed by atoms with Gasteiger partial charge in [0.25, 0.3) is 0 Å². The SMILES string of the molecule is N.O=C(Nc1ccc(F)cc1)Oc1ccccc1. The summed E-state index contributed by atoms with van der Waals surface area (Å²) in [5.74, 6) is 0.0964. The fourth-order valence-electron chi connectivity index (χ4n) is 1.27. The Kier molecular flexibility index (Phi) is 4.83. The van der Waals surface area contributed by atoms with Gasteiger partial charge in [0, 0.05) is 5.69 Å². The first-order chi connectivity index (χ1) is 8.24. The van der Waals surface area contributed by atoms with E-state index in [-0.39, 0.29) is 12.0 Å². The molecule has 0 fully saturated rings. The van der Waals surface area contributed by atoms with E-state index in [4.69, 9.17) is 4.74 Å². The lowest BCUT2D eigenvalue weighted by Gasteiger charge is -2.06. The maximum atomic E-state index is 12.6. The molecule has 94 valence electrons. The molecule has 18 heavy (non-hydrogen) atoms. The van der Waals surface area contributed by atoms with Crippen molar-refractivity contribution in [3.63, 3.8) is 0 Å². The topological polar surface area (TPSA) is 73.3 Å². The van der Waals surface area contributed by atoms with E-state index in [1.54, 1.807) is 24.3 Å². The Bertz CT molecular complexity index is 500. The standard InChI is InChI=1S/C13H10FNO2.H3N/c14-10-6-8-11(9-7-10)15-13(16)17-12-4-2-1-3-5-12;/h1-9H,(H,15,16);1H3. The summed E-state index contributed by atoms with van der Waals surface area (Å²) in [5.41, 5.74) is 0.479. The van der Waals surface area contributed by atoms with Gasteiger partial charge in [-0.15, -0.1) is 0 Å². The summed E-state index contributed by atoms with van der Waals surface area (Å²) in [4.78, 5) is 11.4. The van der Waals surface area contributed by atoms with E-state index in [9.17, 15) is 9.18 Å². The van der Waals surface area contributed by atoms with Crippen molar-refractivity contribution in [3.8, 4) is 5.75 Å². The molecular formula is C13H13FN2O2.